The summed E-state index contributed by atoms with van der Waals surface area (Å²) in [5.41, 5.74) is 1.12. The average molecular weight is 318 g/mol. The predicted molar refractivity (Wildman–Crippen MR) is 81.7 cm³/mol. The summed E-state index contributed by atoms with van der Waals surface area (Å²) in [5.74, 6) is -1.70. The molecule has 1 aromatic rings. The van der Waals surface area contributed by atoms with Crippen molar-refractivity contribution >= 4 is 18.0 Å². The molecule has 0 saturated heterocycles. The summed E-state index contributed by atoms with van der Waals surface area (Å²) in [6, 6.07) is 4.29. The molecule has 0 unspecified atom stereocenters. The van der Waals surface area contributed by atoms with E-state index in [1.807, 2.05) is 0 Å². The van der Waals surface area contributed by atoms with Crippen molar-refractivity contribution in [3.8, 4) is 5.75 Å². The van der Waals surface area contributed by atoms with E-state index in [1.165, 1.54) is 18.2 Å². The van der Waals surface area contributed by atoms with Gasteiger partial charge >= 0.3 is 5.97 Å². The fraction of sp³-hybridized carbons (Fsp3) is 0.353. The van der Waals surface area contributed by atoms with Crippen molar-refractivity contribution < 1.29 is 29.3 Å². The van der Waals surface area contributed by atoms with Gasteiger partial charge in [0.15, 0.2) is 12.1 Å². The number of phenolic OH excluding ortho intramolecular Hbond substituents is 1. The molecular formula is C17H18O6. The minimum atomic E-state index is -0.964. The fourth-order valence-electron chi connectivity index (χ4n) is 2.93. The lowest BCUT2D eigenvalue weighted by Crippen LogP contribution is -2.33. The Morgan fingerprint density at radius 1 is 1.39 bits per heavy atom. The maximum atomic E-state index is 12.8. The first kappa shape index (κ1) is 16.9. The molecule has 1 aliphatic rings. The number of aliphatic carboxylic acids is 1. The van der Waals surface area contributed by atoms with E-state index < -0.39 is 24.0 Å². The molecule has 6 nitrogen and oxygen atoms in total. The summed E-state index contributed by atoms with van der Waals surface area (Å²) in [4.78, 5) is 34.7. The molecule has 0 radical (unpaired) electrons. The highest BCUT2D eigenvalue weighted by molar-refractivity contribution is 6.15. The Morgan fingerprint density at radius 2 is 2.09 bits per heavy atom. The van der Waals surface area contributed by atoms with Gasteiger partial charge in [0.1, 0.15) is 5.75 Å². The highest BCUT2D eigenvalue weighted by Gasteiger charge is 2.32. The second-order valence-corrected chi connectivity index (χ2v) is 5.58. The molecule has 23 heavy (non-hydrogen) atoms. The molecule has 0 bridgehead atoms. The molecule has 1 aliphatic heterocycles. The van der Waals surface area contributed by atoms with Crippen LogP contribution in [-0.2, 0) is 9.53 Å². The number of carbonyl (C=O) groups excluding carboxylic acids is 2. The summed E-state index contributed by atoms with van der Waals surface area (Å²) in [6.45, 7) is 3.40. The van der Waals surface area contributed by atoms with E-state index in [1.54, 1.807) is 13.8 Å². The number of ether oxygens (including phenoxy) is 1. The Balaban J connectivity index is 2.40. The van der Waals surface area contributed by atoms with E-state index in [2.05, 4.69) is 0 Å². The van der Waals surface area contributed by atoms with Crippen LogP contribution in [0.15, 0.2) is 29.3 Å². The maximum absolute atomic E-state index is 12.8. The second kappa shape index (κ2) is 6.75. The number of phenols is 1. The molecule has 1 heterocycles. The second-order valence-electron chi connectivity index (χ2n) is 5.58. The predicted octanol–water partition coefficient (Wildman–Crippen LogP) is 2.36. The minimum absolute atomic E-state index is 0.0519. The number of hydrogen-bond acceptors (Lipinski definition) is 5. The zero-order valence-corrected chi connectivity index (χ0v) is 12.9. The number of Topliss-reactive ketones (excluding diaryl/α,β-unsaturated/α-hetero) is 1. The lowest BCUT2D eigenvalue weighted by molar-refractivity contribution is -0.141. The van der Waals surface area contributed by atoms with Gasteiger partial charge in [0.05, 0.1) is 24.2 Å². The Kier molecular flexibility index (Phi) is 4.95. The van der Waals surface area contributed by atoms with Crippen LogP contribution >= 0.6 is 0 Å². The smallest absolute Gasteiger partial charge is 0.305 e. The van der Waals surface area contributed by atoms with Crippen LogP contribution < -0.4 is 0 Å². The Hall–Kier alpha value is -2.47. The maximum Gasteiger partial charge on any atom is 0.305 e. The molecule has 0 amide bonds. The molecule has 122 valence electrons. The summed E-state index contributed by atoms with van der Waals surface area (Å²) < 4.78 is 5.61. The van der Waals surface area contributed by atoms with Gasteiger partial charge < -0.3 is 14.9 Å². The van der Waals surface area contributed by atoms with Gasteiger partial charge in [-0.15, -0.1) is 0 Å². The van der Waals surface area contributed by atoms with Crippen molar-refractivity contribution in [3.63, 3.8) is 0 Å². The van der Waals surface area contributed by atoms with Crippen LogP contribution in [0.1, 0.15) is 47.4 Å². The minimum Gasteiger partial charge on any atom is -0.507 e. The van der Waals surface area contributed by atoms with Crippen LogP contribution in [0.4, 0.5) is 0 Å². The SMILES string of the molecule is CC1=C(C(=O)c2c(O)cccc2C=O)[C@H](C)O[C@@H](CC(=O)O)C1. The third-order valence-electron chi connectivity index (χ3n) is 3.87. The Morgan fingerprint density at radius 3 is 2.65 bits per heavy atom. The lowest BCUT2D eigenvalue weighted by atomic mass is 9.88. The van der Waals surface area contributed by atoms with Crippen molar-refractivity contribution in [2.45, 2.75) is 38.9 Å². The van der Waals surface area contributed by atoms with E-state index in [0.717, 1.165) is 0 Å². The van der Waals surface area contributed by atoms with Crippen molar-refractivity contribution in [1.82, 2.24) is 0 Å². The van der Waals surface area contributed by atoms with E-state index in [4.69, 9.17) is 9.84 Å². The number of aldehydes is 1. The van der Waals surface area contributed by atoms with Gasteiger partial charge in [-0.05, 0) is 26.3 Å². The van der Waals surface area contributed by atoms with Crippen LogP contribution in [0.25, 0.3) is 0 Å². The van der Waals surface area contributed by atoms with E-state index in [-0.39, 0.29) is 23.3 Å². The van der Waals surface area contributed by atoms with Gasteiger partial charge in [-0.2, -0.15) is 0 Å². The van der Waals surface area contributed by atoms with Gasteiger partial charge in [-0.1, -0.05) is 17.7 Å². The molecule has 1 aromatic carbocycles. The molecule has 0 fully saturated rings. The quantitative estimate of drug-likeness (QED) is 0.638. The van der Waals surface area contributed by atoms with Gasteiger partial charge in [0.25, 0.3) is 0 Å². The molecule has 0 aromatic heterocycles. The number of hydrogen-bond donors (Lipinski definition) is 2. The lowest BCUT2D eigenvalue weighted by Gasteiger charge is -2.30. The largest absolute Gasteiger partial charge is 0.507 e. The van der Waals surface area contributed by atoms with Crippen LogP contribution in [-0.4, -0.2) is 40.5 Å². The van der Waals surface area contributed by atoms with E-state index in [9.17, 15) is 19.5 Å². The van der Waals surface area contributed by atoms with Crippen molar-refractivity contribution in [1.29, 1.82) is 0 Å². The van der Waals surface area contributed by atoms with E-state index in [0.29, 0.717) is 23.9 Å². The van der Waals surface area contributed by atoms with Crippen molar-refractivity contribution in [3.05, 3.63) is 40.5 Å². The monoisotopic (exact) mass is 318 g/mol. The number of benzene rings is 1. The molecule has 2 rings (SSSR count). The number of aromatic hydroxyl groups is 1. The van der Waals surface area contributed by atoms with Crippen molar-refractivity contribution in [2.75, 3.05) is 0 Å². The van der Waals surface area contributed by atoms with Crippen LogP contribution in [0, 0.1) is 0 Å². The third-order valence-corrected chi connectivity index (χ3v) is 3.87. The zero-order chi connectivity index (χ0) is 17.1. The molecule has 2 N–H and O–H groups in total. The molecule has 0 aliphatic carbocycles. The van der Waals surface area contributed by atoms with Crippen LogP contribution in [0.3, 0.4) is 0 Å². The Bertz CT molecular complexity index is 688. The van der Waals surface area contributed by atoms with Gasteiger partial charge in [-0.3, -0.25) is 14.4 Å². The number of rotatable bonds is 5. The normalized spacial score (nSPS) is 21.1. The van der Waals surface area contributed by atoms with E-state index >= 15 is 0 Å². The first-order chi connectivity index (χ1) is 10.8. The summed E-state index contributed by atoms with van der Waals surface area (Å²) in [6.07, 6.45) is -0.403. The number of carbonyl (C=O) groups is 3. The molecule has 0 saturated carbocycles. The number of carboxylic acids is 1. The average Bonchev–Trinajstić information content (AvgIpc) is 2.45. The highest BCUT2D eigenvalue weighted by Crippen LogP contribution is 2.32. The molecule has 0 spiro atoms. The van der Waals surface area contributed by atoms with Crippen LogP contribution in [0.2, 0.25) is 0 Å². The third kappa shape index (κ3) is 3.48. The summed E-state index contributed by atoms with van der Waals surface area (Å²) >= 11 is 0. The number of carboxylic acid groups (broad SMARTS) is 1. The standard InChI is InChI=1S/C17H18O6/c1-9-6-12(7-14(20)21)23-10(2)15(9)17(22)16-11(8-18)4-3-5-13(16)19/h3-5,8,10,12,19H,6-7H2,1-2H3,(H,20,21)/t10-,12+/m0/s1. The van der Waals surface area contributed by atoms with Gasteiger partial charge in [-0.25, -0.2) is 0 Å². The topological polar surface area (TPSA) is 101 Å². The van der Waals surface area contributed by atoms with Crippen molar-refractivity contribution in [2.24, 2.45) is 0 Å². The molecular weight excluding hydrogens is 300 g/mol. The fourth-order valence-corrected chi connectivity index (χ4v) is 2.93. The van der Waals surface area contributed by atoms with Gasteiger partial charge in [0, 0.05) is 11.1 Å². The molecule has 2 atom stereocenters. The summed E-state index contributed by atoms with van der Waals surface area (Å²) in [5, 5.41) is 18.8. The van der Waals surface area contributed by atoms with Crippen LogP contribution in [0.5, 0.6) is 5.75 Å². The Labute approximate surface area is 133 Å². The van der Waals surface area contributed by atoms with Gasteiger partial charge in [0.2, 0.25) is 0 Å². The highest BCUT2D eigenvalue weighted by atomic mass is 16.5. The summed E-state index contributed by atoms with van der Waals surface area (Å²) in [7, 11) is 0. The number of ketones is 1. The first-order valence-corrected chi connectivity index (χ1v) is 7.23. The first-order valence-electron chi connectivity index (χ1n) is 7.23. The molecule has 6 heteroatoms. The zero-order valence-electron chi connectivity index (χ0n) is 12.9.